The van der Waals surface area contributed by atoms with E-state index in [-0.39, 0.29) is 17.9 Å². The first-order chi connectivity index (χ1) is 13.3. The lowest BCUT2D eigenvalue weighted by Gasteiger charge is -2.15. The van der Waals surface area contributed by atoms with Crippen LogP contribution in [-0.2, 0) is 19.2 Å². The van der Waals surface area contributed by atoms with Crippen molar-refractivity contribution < 1.29 is 26.1 Å². The van der Waals surface area contributed by atoms with Gasteiger partial charge in [0, 0.05) is 11.6 Å². The molecule has 1 aliphatic rings. The molecule has 3 heterocycles. The number of benzene rings is 1. The van der Waals surface area contributed by atoms with Crippen LogP contribution in [0.2, 0.25) is 0 Å². The lowest BCUT2D eigenvalue weighted by molar-refractivity contribution is -0.0149. The Balaban J connectivity index is 1.62. The second-order valence-electron chi connectivity index (χ2n) is 6.24. The third kappa shape index (κ3) is 3.71. The minimum Gasteiger partial charge on any atom is -0.352 e. The summed E-state index contributed by atoms with van der Waals surface area (Å²) in [6, 6.07) is 3.20. The normalized spacial score (nSPS) is 20.1. The largest absolute Gasteiger partial charge is 0.352 e. The zero-order chi connectivity index (χ0) is 19.9. The van der Waals surface area contributed by atoms with Crippen molar-refractivity contribution >= 4 is 21.5 Å². The van der Waals surface area contributed by atoms with Gasteiger partial charge in [0.15, 0.2) is 5.65 Å². The fourth-order valence-corrected chi connectivity index (χ4v) is 3.47. The van der Waals surface area contributed by atoms with E-state index in [9.17, 15) is 17.2 Å². The molecule has 1 saturated heterocycles. The van der Waals surface area contributed by atoms with E-state index in [1.54, 1.807) is 4.57 Å². The van der Waals surface area contributed by atoms with Crippen LogP contribution in [0.1, 0.15) is 19.1 Å². The lowest BCUT2D eigenvalue weighted by atomic mass is 10.1. The maximum Gasteiger partial charge on any atom is 0.333 e. The Morgan fingerprint density at radius 1 is 1.25 bits per heavy atom. The standard InChI is InChI=1S/C16H15F2N5O4S/c17-9-1-3-11(12(18)5-9)14-15-16(21-7-20-14)23(8-22-15)13-4-2-10(27-13)6-26-28(19,24)25/h1,3,5,7-8,10,13H,2,4,6H2,(H2,19,24,25)/t10-,13+/m0/s1. The number of ether oxygens (including phenoxy) is 1. The average molecular weight is 411 g/mol. The summed E-state index contributed by atoms with van der Waals surface area (Å²) in [6.45, 7) is -0.191. The van der Waals surface area contributed by atoms with Crippen LogP contribution in [0.5, 0.6) is 0 Å². The first-order valence-corrected chi connectivity index (χ1v) is 9.74. The second-order valence-corrected chi connectivity index (χ2v) is 7.46. The number of nitrogens with two attached hydrogens (primary N) is 1. The fraction of sp³-hybridized carbons (Fsp3) is 0.312. The molecular weight excluding hydrogens is 396 g/mol. The van der Waals surface area contributed by atoms with E-state index in [0.717, 1.165) is 12.1 Å². The summed E-state index contributed by atoms with van der Waals surface area (Å²) < 4.78 is 61.2. The lowest BCUT2D eigenvalue weighted by Crippen LogP contribution is -2.23. The van der Waals surface area contributed by atoms with Crippen molar-refractivity contribution in [3.63, 3.8) is 0 Å². The third-order valence-electron chi connectivity index (χ3n) is 4.36. The molecule has 2 aromatic heterocycles. The van der Waals surface area contributed by atoms with Gasteiger partial charge in [-0.05, 0) is 25.0 Å². The molecule has 2 atom stereocenters. The molecule has 1 aromatic carbocycles. The molecule has 148 valence electrons. The van der Waals surface area contributed by atoms with Gasteiger partial charge in [-0.1, -0.05) is 0 Å². The molecule has 0 aliphatic carbocycles. The summed E-state index contributed by atoms with van der Waals surface area (Å²) in [7, 11) is -4.04. The highest BCUT2D eigenvalue weighted by Gasteiger charge is 2.29. The molecule has 2 N–H and O–H groups in total. The van der Waals surface area contributed by atoms with Gasteiger partial charge in [-0.3, -0.25) is 8.75 Å². The second kappa shape index (κ2) is 7.13. The number of nitrogens with zero attached hydrogens (tertiary/aromatic N) is 4. The molecule has 1 aliphatic heterocycles. The molecular formula is C16H15F2N5O4S. The van der Waals surface area contributed by atoms with Crippen LogP contribution in [-0.4, -0.2) is 40.6 Å². The molecule has 0 bridgehead atoms. The van der Waals surface area contributed by atoms with E-state index in [4.69, 9.17) is 9.88 Å². The average Bonchev–Trinajstić information content (AvgIpc) is 3.26. The number of halogens is 2. The van der Waals surface area contributed by atoms with Gasteiger partial charge < -0.3 is 4.74 Å². The molecule has 0 saturated carbocycles. The van der Waals surface area contributed by atoms with E-state index >= 15 is 0 Å². The van der Waals surface area contributed by atoms with Crippen molar-refractivity contribution in [1.82, 2.24) is 19.5 Å². The Bertz CT molecular complexity index is 1140. The predicted octanol–water partition coefficient (Wildman–Crippen LogP) is 1.67. The Kier molecular flexibility index (Phi) is 4.79. The summed E-state index contributed by atoms with van der Waals surface area (Å²) in [5.41, 5.74) is 1.08. The van der Waals surface area contributed by atoms with E-state index in [0.29, 0.717) is 24.0 Å². The number of aromatic nitrogens is 4. The molecule has 0 spiro atoms. The SMILES string of the molecule is NS(=O)(=O)OC[C@@H]1CC[C@H](n2cnc3c(-c4ccc(F)cc4F)ncnc32)O1. The van der Waals surface area contributed by atoms with Crippen molar-refractivity contribution in [2.75, 3.05) is 6.61 Å². The third-order valence-corrected chi connectivity index (χ3v) is 4.82. The maximum absolute atomic E-state index is 14.2. The van der Waals surface area contributed by atoms with Crippen LogP contribution in [0.3, 0.4) is 0 Å². The van der Waals surface area contributed by atoms with Gasteiger partial charge in [0.25, 0.3) is 0 Å². The molecule has 9 nitrogen and oxygen atoms in total. The van der Waals surface area contributed by atoms with Crippen molar-refractivity contribution in [3.8, 4) is 11.3 Å². The highest BCUT2D eigenvalue weighted by Crippen LogP contribution is 2.33. The van der Waals surface area contributed by atoms with E-state index < -0.39 is 34.3 Å². The van der Waals surface area contributed by atoms with Gasteiger partial charge in [-0.15, -0.1) is 0 Å². The summed E-state index contributed by atoms with van der Waals surface area (Å²) in [5.74, 6) is -1.45. The number of rotatable bonds is 5. The Labute approximate surface area is 158 Å². The minimum absolute atomic E-state index is 0.103. The van der Waals surface area contributed by atoms with Gasteiger partial charge in [0.2, 0.25) is 0 Å². The molecule has 0 radical (unpaired) electrons. The van der Waals surface area contributed by atoms with Gasteiger partial charge in [-0.25, -0.2) is 28.9 Å². The monoisotopic (exact) mass is 411 g/mol. The Hall–Kier alpha value is -2.54. The Morgan fingerprint density at radius 2 is 2.07 bits per heavy atom. The summed E-state index contributed by atoms with van der Waals surface area (Å²) in [5, 5.41) is 4.82. The molecule has 3 aromatic rings. The highest BCUT2D eigenvalue weighted by molar-refractivity contribution is 7.84. The van der Waals surface area contributed by atoms with Crippen molar-refractivity contribution in [1.29, 1.82) is 0 Å². The van der Waals surface area contributed by atoms with Crippen molar-refractivity contribution in [2.45, 2.75) is 25.2 Å². The quantitative estimate of drug-likeness (QED) is 0.677. The number of hydrogen-bond acceptors (Lipinski definition) is 7. The Morgan fingerprint density at radius 3 is 2.82 bits per heavy atom. The van der Waals surface area contributed by atoms with Crippen molar-refractivity contribution in [2.24, 2.45) is 5.14 Å². The molecule has 0 unspecified atom stereocenters. The number of imidazole rings is 1. The van der Waals surface area contributed by atoms with Gasteiger partial charge in [-0.2, -0.15) is 8.42 Å². The molecule has 0 amide bonds. The zero-order valence-corrected chi connectivity index (χ0v) is 15.1. The highest BCUT2D eigenvalue weighted by atomic mass is 32.2. The minimum atomic E-state index is -4.04. The van der Waals surface area contributed by atoms with Gasteiger partial charge in [0.1, 0.15) is 35.4 Å². The van der Waals surface area contributed by atoms with Crippen LogP contribution in [0.15, 0.2) is 30.9 Å². The zero-order valence-electron chi connectivity index (χ0n) is 14.3. The van der Waals surface area contributed by atoms with Crippen LogP contribution in [0.4, 0.5) is 8.78 Å². The number of hydrogen-bond donors (Lipinski definition) is 1. The topological polar surface area (TPSA) is 122 Å². The molecule has 4 rings (SSSR count). The first kappa shape index (κ1) is 18.8. The van der Waals surface area contributed by atoms with E-state index in [1.165, 1.54) is 18.7 Å². The van der Waals surface area contributed by atoms with Crippen LogP contribution < -0.4 is 5.14 Å². The van der Waals surface area contributed by atoms with Crippen LogP contribution >= 0.6 is 0 Å². The van der Waals surface area contributed by atoms with Gasteiger partial charge in [0.05, 0.1) is 19.0 Å². The smallest absolute Gasteiger partial charge is 0.333 e. The van der Waals surface area contributed by atoms with Crippen molar-refractivity contribution in [3.05, 3.63) is 42.5 Å². The van der Waals surface area contributed by atoms with Crippen LogP contribution in [0, 0.1) is 11.6 Å². The first-order valence-electron chi connectivity index (χ1n) is 8.27. The number of fused-ring (bicyclic) bond motifs is 1. The molecule has 28 heavy (non-hydrogen) atoms. The fourth-order valence-electron chi connectivity index (χ4n) is 3.13. The molecule has 12 heteroatoms. The maximum atomic E-state index is 14.2. The van der Waals surface area contributed by atoms with E-state index in [2.05, 4.69) is 19.1 Å². The van der Waals surface area contributed by atoms with E-state index in [1.807, 2.05) is 0 Å². The summed E-state index contributed by atoms with van der Waals surface area (Å²) in [6.07, 6.45) is 2.93. The van der Waals surface area contributed by atoms with Gasteiger partial charge >= 0.3 is 10.3 Å². The summed E-state index contributed by atoms with van der Waals surface area (Å²) >= 11 is 0. The van der Waals surface area contributed by atoms with Crippen LogP contribution in [0.25, 0.3) is 22.4 Å². The molecule has 1 fully saturated rings. The predicted molar refractivity (Wildman–Crippen MR) is 92.9 cm³/mol. The summed E-state index contributed by atoms with van der Waals surface area (Å²) in [4.78, 5) is 12.5.